The minimum absolute atomic E-state index is 0.0107. The van der Waals surface area contributed by atoms with E-state index in [-0.39, 0.29) is 12.4 Å². The molecule has 0 fully saturated rings. The van der Waals surface area contributed by atoms with Crippen molar-refractivity contribution in [3.8, 4) is 0 Å². The first kappa shape index (κ1) is 14.6. The highest BCUT2D eigenvalue weighted by molar-refractivity contribution is 7.92. The van der Waals surface area contributed by atoms with E-state index in [0.717, 1.165) is 5.56 Å². The van der Waals surface area contributed by atoms with Crippen molar-refractivity contribution in [3.05, 3.63) is 65.7 Å². The van der Waals surface area contributed by atoms with Gasteiger partial charge in [0, 0.05) is 5.56 Å². The lowest BCUT2D eigenvalue weighted by Gasteiger charge is -2.11. The summed E-state index contributed by atoms with van der Waals surface area (Å²) in [5.74, 6) is 0.0107. The van der Waals surface area contributed by atoms with Crippen LogP contribution in [0.15, 0.2) is 54.6 Å². The second-order valence-electron chi connectivity index (χ2n) is 4.47. The van der Waals surface area contributed by atoms with E-state index in [4.69, 9.17) is 0 Å². The summed E-state index contributed by atoms with van der Waals surface area (Å²) >= 11 is 0. The highest BCUT2D eigenvalue weighted by Crippen LogP contribution is 2.16. The Morgan fingerprint density at radius 2 is 1.60 bits per heavy atom. The smallest absolute Gasteiger partial charge is 0.233 e. The van der Waals surface area contributed by atoms with Gasteiger partial charge in [0.25, 0.3) is 0 Å². The number of hydrogen-bond donors (Lipinski definition) is 2. The molecule has 0 heterocycles. The fraction of sp³-hybridized carbons (Fsp3) is 0.200. The third-order valence-electron chi connectivity index (χ3n) is 2.96. The minimum atomic E-state index is -3.43. The molecule has 0 atom stereocenters. The molecule has 2 aromatic carbocycles. The number of aryl methyl sites for hydroxylation is 1. The van der Waals surface area contributed by atoms with Crippen molar-refractivity contribution in [3.63, 3.8) is 0 Å². The van der Waals surface area contributed by atoms with Gasteiger partial charge in [0.05, 0.1) is 18.0 Å². The molecule has 2 N–H and O–H groups in total. The van der Waals surface area contributed by atoms with Gasteiger partial charge < -0.3 is 5.11 Å². The number of benzene rings is 2. The molecule has 0 saturated carbocycles. The number of rotatable bonds is 6. The number of sulfonamides is 1. The molecule has 0 unspecified atom stereocenters. The third-order valence-corrected chi connectivity index (χ3v) is 4.23. The Balaban J connectivity index is 2.04. The van der Waals surface area contributed by atoms with Gasteiger partial charge in [-0.1, -0.05) is 48.5 Å². The topological polar surface area (TPSA) is 66.4 Å². The molecule has 0 saturated heterocycles. The summed E-state index contributed by atoms with van der Waals surface area (Å²) in [5.41, 5.74) is 1.98. The zero-order valence-corrected chi connectivity index (χ0v) is 11.8. The summed E-state index contributed by atoms with van der Waals surface area (Å²) in [5, 5.41) is 9.19. The van der Waals surface area contributed by atoms with Gasteiger partial charge in [0.2, 0.25) is 10.0 Å². The van der Waals surface area contributed by atoms with E-state index in [9.17, 15) is 13.5 Å². The molecule has 0 bridgehead atoms. The Morgan fingerprint density at radius 1 is 0.950 bits per heavy atom. The van der Waals surface area contributed by atoms with Crippen molar-refractivity contribution in [2.24, 2.45) is 0 Å². The van der Waals surface area contributed by atoms with Crippen molar-refractivity contribution < 1.29 is 13.5 Å². The Morgan fingerprint density at radius 3 is 2.30 bits per heavy atom. The predicted molar refractivity (Wildman–Crippen MR) is 79.9 cm³/mol. The number of para-hydroxylation sites is 1. The highest BCUT2D eigenvalue weighted by atomic mass is 32.2. The molecule has 0 amide bonds. The highest BCUT2D eigenvalue weighted by Gasteiger charge is 2.12. The molecule has 2 rings (SSSR count). The number of aliphatic hydroxyl groups excluding tert-OH is 1. The molecule has 0 aliphatic heterocycles. The zero-order chi connectivity index (χ0) is 14.4. The monoisotopic (exact) mass is 291 g/mol. The Kier molecular flexibility index (Phi) is 4.76. The van der Waals surface area contributed by atoms with Crippen molar-refractivity contribution >= 4 is 15.7 Å². The van der Waals surface area contributed by atoms with Gasteiger partial charge in [0.15, 0.2) is 0 Å². The molecule has 0 aliphatic rings. The van der Waals surface area contributed by atoms with E-state index in [1.54, 1.807) is 24.3 Å². The van der Waals surface area contributed by atoms with Gasteiger partial charge >= 0.3 is 0 Å². The molecule has 2 aromatic rings. The molecule has 0 radical (unpaired) electrons. The lowest BCUT2D eigenvalue weighted by atomic mass is 10.2. The molecular weight excluding hydrogens is 274 g/mol. The number of hydrogen-bond acceptors (Lipinski definition) is 3. The Bertz CT molecular complexity index is 654. The van der Waals surface area contributed by atoms with E-state index >= 15 is 0 Å². The minimum Gasteiger partial charge on any atom is -0.392 e. The molecule has 4 nitrogen and oxygen atoms in total. The maximum absolute atomic E-state index is 12.0. The van der Waals surface area contributed by atoms with Gasteiger partial charge in [-0.05, 0) is 18.1 Å². The zero-order valence-electron chi connectivity index (χ0n) is 11.0. The Hall–Kier alpha value is -1.85. The lowest BCUT2D eigenvalue weighted by Crippen LogP contribution is -2.19. The summed E-state index contributed by atoms with van der Waals surface area (Å²) in [6.45, 7) is -0.197. The van der Waals surface area contributed by atoms with Gasteiger partial charge in [-0.15, -0.1) is 0 Å². The SMILES string of the molecule is O=S(=O)(CCc1ccccc1)Nc1ccccc1CO. The van der Waals surface area contributed by atoms with E-state index in [2.05, 4.69) is 4.72 Å². The van der Waals surface area contributed by atoms with Gasteiger partial charge in [0.1, 0.15) is 0 Å². The summed E-state index contributed by atoms with van der Waals surface area (Å²) in [6, 6.07) is 16.3. The van der Waals surface area contributed by atoms with Crippen LogP contribution in [0.4, 0.5) is 5.69 Å². The van der Waals surface area contributed by atoms with E-state index < -0.39 is 10.0 Å². The van der Waals surface area contributed by atoms with Crippen LogP contribution in [0, 0.1) is 0 Å². The van der Waals surface area contributed by atoms with Crippen molar-refractivity contribution in [1.82, 2.24) is 0 Å². The maximum atomic E-state index is 12.0. The van der Waals surface area contributed by atoms with Gasteiger partial charge in [-0.3, -0.25) is 4.72 Å². The standard InChI is InChI=1S/C15H17NO3S/c17-12-14-8-4-5-9-15(14)16-20(18,19)11-10-13-6-2-1-3-7-13/h1-9,16-17H,10-12H2. The largest absolute Gasteiger partial charge is 0.392 e. The van der Waals surface area contributed by atoms with Crippen molar-refractivity contribution in [2.75, 3.05) is 10.5 Å². The lowest BCUT2D eigenvalue weighted by molar-refractivity contribution is 0.282. The fourth-order valence-electron chi connectivity index (χ4n) is 1.87. The second-order valence-corrected chi connectivity index (χ2v) is 6.31. The van der Waals surface area contributed by atoms with E-state index in [0.29, 0.717) is 17.7 Å². The second kappa shape index (κ2) is 6.54. The van der Waals surface area contributed by atoms with Crippen LogP contribution in [0.2, 0.25) is 0 Å². The third kappa shape index (κ3) is 4.08. The molecule has 0 spiro atoms. The van der Waals surface area contributed by atoms with Crippen LogP contribution in [-0.4, -0.2) is 19.3 Å². The molecule has 106 valence electrons. The molecule has 20 heavy (non-hydrogen) atoms. The van der Waals surface area contributed by atoms with E-state index in [1.165, 1.54) is 0 Å². The first-order valence-electron chi connectivity index (χ1n) is 6.34. The quantitative estimate of drug-likeness (QED) is 0.857. The molecular formula is C15H17NO3S. The van der Waals surface area contributed by atoms with Gasteiger partial charge in [-0.2, -0.15) is 0 Å². The molecule has 0 aromatic heterocycles. The average molecular weight is 291 g/mol. The van der Waals surface area contributed by atoms with Crippen LogP contribution in [0.3, 0.4) is 0 Å². The first-order valence-corrected chi connectivity index (χ1v) is 7.99. The van der Waals surface area contributed by atoms with E-state index in [1.807, 2.05) is 30.3 Å². The normalized spacial score (nSPS) is 11.2. The van der Waals surface area contributed by atoms with Crippen LogP contribution in [0.25, 0.3) is 0 Å². The summed E-state index contributed by atoms with van der Waals surface area (Å²) in [7, 11) is -3.43. The van der Waals surface area contributed by atoms with Crippen LogP contribution < -0.4 is 4.72 Å². The average Bonchev–Trinajstić information content (AvgIpc) is 2.47. The molecule has 5 heteroatoms. The van der Waals surface area contributed by atoms with Crippen LogP contribution in [0.1, 0.15) is 11.1 Å². The van der Waals surface area contributed by atoms with Crippen molar-refractivity contribution in [2.45, 2.75) is 13.0 Å². The summed E-state index contributed by atoms with van der Waals surface area (Å²) in [4.78, 5) is 0. The van der Waals surface area contributed by atoms with Crippen LogP contribution in [-0.2, 0) is 23.1 Å². The number of aliphatic hydroxyl groups is 1. The van der Waals surface area contributed by atoms with Crippen LogP contribution >= 0.6 is 0 Å². The number of anilines is 1. The predicted octanol–water partition coefficient (Wildman–Crippen LogP) is 2.16. The summed E-state index contributed by atoms with van der Waals surface area (Å²) < 4.78 is 26.6. The summed E-state index contributed by atoms with van der Waals surface area (Å²) in [6.07, 6.45) is 0.456. The van der Waals surface area contributed by atoms with Crippen LogP contribution in [0.5, 0.6) is 0 Å². The number of nitrogens with one attached hydrogen (secondary N) is 1. The fourth-order valence-corrected chi connectivity index (χ4v) is 3.01. The van der Waals surface area contributed by atoms with Crippen molar-refractivity contribution in [1.29, 1.82) is 0 Å². The van der Waals surface area contributed by atoms with Gasteiger partial charge in [-0.25, -0.2) is 8.42 Å². The Labute approximate surface area is 119 Å². The molecule has 0 aliphatic carbocycles. The first-order chi connectivity index (χ1) is 9.61. The maximum Gasteiger partial charge on any atom is 0.233 e.